The topological polar surface area (TPSA) is 42.7 Å². The summed E-state index contributed by atoms with van der Waals surface area (Å²) in [5.74, 6) is 0. The maximum atomic E-state index is 3.99. The largest absolute Gasteiger partial charge is 0.305 e. The minimum absolute atomic E-state index is 0.227. The first-order valence-electron chi connectivity index (χ1n) is 5.52. The average Bonchev–Trinajstić information content (AvgIpc) is 2.75. The van der Waals surface area contributed by atoms with Crippen molar-refractivity contribution in [1.29, 1.82) is 0 Å². The molecule has 0 spiro atoms. The summed E-state index contributed by atoms with van der Waals surface area (Å²) >= 11 is 0. The molecule has 1 unspecified atom stereocenters. The molecule has 4 heteroatoms. The van der Waals surface area contributed by atoms with Crippen molar-refractivity contribution >= 4 is 0 Å². The van der Waals surface area contributed by atoms with E-state index in [1.807, 2.05) is 17.9 Å². The van der Waals surface area contributed by atoms with Crippen LogP contribution in [0.3, 0.4) is 0 Å². The van der Waals surface area contributed by atoms with Crippen molar-refractivity contribution in [3.8, 4) is 0 Å². The van der Waals surface area contributed by atoms with E-state index >= 15 is 0 Å². The molecule has 1 aliphatic heterocycles. The molecule has 1 N–H and O–H groups in total. The molecule has 1 aromatic heterocycles. The highest BCUT2D eigenvalue weighted by molar-refractivity contribution is 5.36. The molecule has 1 aliphatic rings. The fraction of sp³-hybridized carbons (Fsp3) is 0.333. The lowest BCUT2D eigenvalue weighted by molar-refractivity contribution is 0.527. The molecule has 0 amide bonds. The number of fused-ring (bicyclic) bond motifs is 1. The van der Waals surface area contributed by atoms with E-state index in [4.69, 9.17) is 0 Å². The first-order valence-corrected chi connectivity index (χ1v) is 5.52. The molecule has 3 rings (SSSR count). The minimum Gasteiger partial charge on any atom is -0.305 e. The Hall–Kier alpha value is -1.68. The Morgan fingerprint density at radius 3 is 3.06 bits per heavy atom. The summed E-state index contributed by atoms with van der Waals surface area (Å²) in [6, 6.07) is 8.79. The molecule has 82 valence electrons. The second-order valence-electron chi connectivity index (χ2n) is 4.12. The van der Waals surface area contributed by atoms with E-state index < -0.39 is 0 Å². The number of hydrogen-bond donors (Lipinski definition) is 1. The van der Waals surface area contributed by atoms with Crippen molar-refractivity contribution in [2.75, 3.05) is 6.54 Å². The van der Waals surface area contributed by atoms with Crippen molar-refractivity contribution in [2.45, 2.75) is 12.5 Å². The summed E-state index contributed by atoms with van der Waals surface area (Å²) in [5.41, 5.74) is 3.89. The Bertz CT molecular complexity index is 503. The van der Waals surface area contributed by atoms with E-state index in [0.29, 0.717) is 0 Å². The number of benzene rings is 1. The molecular weight excluding hydrogens is 200 g/mol. The molecule has 0 bridgehead atoms. The number of hydrogen-bond acceptors (Lipinski definition) is 3. The van der Waals surface area contributed by atoms with E-state index in [9.17, 15) is 0 Å². The highest BCUT2D eigenvalue weighted by Crippen LogP contribution is 2.27. The Labute approximate surface area is 94.3 Å². The van der Waals surface area contributed by atoms with Gasteiger partial charge in [0.05, 0.1) is 17.9 Å². The molecule has 1 aromatic carbocycles. The van der Waals surface area contributed by atoms with Crippen molar-refractivity contribution < 1.29 is 0 Å². The third-order valence-corrected chi connectivity index (χ3v) is 3.15. The molecular formula is C12H14N4. The minimum atomic E-state index is 0.227. The Morgan fingerprint density at radius 2 is 2.25 bits per heavy atom. The van der Waals surface area contributed by atoms with E-state index in [1.165, 1.54) is 11.1 Å². The number of nitrogens with zero attached hydrogens (tertiary/aromatic N) is 3. The van der Waals surface area contributed by atoms with Crippen LogP contribution in [0, 0.1) is 0 Å². The normalized spacial score (nSPS) is 19.4. The predicted octanol–water partition coefficient (Wildman–Crippen LogP) is 1.05. The van der Waals surface area contributed by atoms with Crippen LogP contribution in [0.25, 0.3) is 0 Å². The van der Waals surface area contributed by atoms with Crippen LogP contribution in [-0.2, 0) is 13.5 Å². The van der Waals surface area contributed by atoms with E-state index in [2.05, 4.69) is 39.9 Å². The van der Waals surface area contributed by atoms with E-state index in [1.54, 1.807) is 0 Å². The second kappa shape index (κ2) is 3.72. The monoisotopic (exact) mass is 214 g/mol. The molecule has 0 fully saturated rings. The number of aromatic nitrogens is 3. The smallest absolute Gasteiger partial charge is 0.0798 e. The lowest BCUT2D eigenvalue weighted by Crippen LogP contribution is -2.31. The van der Waals surface area contributed by atoms with Gasteiger partial charge in [0.15, 0.2) is 0 Å². The third-order valence-electron chi connectivity index (χ3n) is 3.15. The predicted molar refractivity (Wildman–Crippen MR) is 61.0 cm³/mol. The summed E-state index contributed by atoms with van der Waals surface area (Å²) in [4.78, 5) is 0. The van der Waals surface area contributed by atoms with Gasteiger partial charge >= 0.3 is 0 Å². The van der Waals surface area contributed by atoms with E-state index in [0.717, 1.165) is 18.7 Å². The van der Waals surface area contributed by atoms with Crippen LogP contribution < -0.4 is 5.32 Å². The van der Waals surface area contributed by atoms with Gasteiger partial charge in [-0.3, -0.25) is 4.68 Å². The summed E-state index contributed by atoms with van der Waals surface area (Å²) in [6.07, 6.45) is 2.93. The van der Waals surface area contributed by atoms with Crippen molar-refractivity contribution in [1.82, 2.24) is 20.3 Å². The molecule has 0 radical (unpaired) electrons. The SMILES string of the molecule is Cn1nncc1C1NCCc2ccccc21. The molecule has 2 heterocycles. The van der Waals surface area contributed by atoms with Gasteiger partial charge in [-0.15, -0.1) is 5.10 Å². The molecule has 2 aromatic rings. The summed E-state index contributed by atoms with van der Waals surface area (Å²) in [6.45, 7) is 1.01. The van der Waals surface area contributed by atoms with Crippen molar-refractivity contribution in [2.24, 2.45) is 7.05 Å². The van der Waals surface area contributed by atoms with Crippen LogP contribution in [0.15, 0.2) is 30.5 Å². The van der Waals surface area contributed by atoms with Gasteiger partial charge in [0.2, 0.25) is 0 Å². The quantitative estimate of drug-likeness (QED) is 0.771. The molecule has 0 aliphatic carbocycles. The zero-order chi connectivity index (χ0) is 11.0. The summed E-state index contributed by atoms with van der Waals surface area (Å²) < 4.78 is 1.83. The van der Waals surface area contributed by atoms with Crippen LogP contribution in [-0.4, -0.2) is 21.5 Å². The zero-order valence-corrected chi connectivity index (χ0v) is 9.22. The highest BCUT2D eigenvalue weighted by atomic mass is 15.4. The lowest BCUT2D eigenvalue weighted by Gasteiger charge is -2.26. The Morgan fingerprint density at radius 1 is 1.38 bits per heavy atom. The lowest BCUT2D eigenvalue weighted by atomic mass is 9.93. The maximum absolute atomic E-state index is 3.99. The zero-order valence-electron chi connectivity index (χ0n) is 9.22. The Kier molecular flexibility index (Phi) is 2.22. The van der Waals surface area contributed by atoms with Gasteiger partial charge in [0, 0.05) is 13.6 Å². The fourth-order valence-electron chi connectivity index (χ4n) is 2.33. The van der Waals surface area contributed by atoms with Gasteiger partial charge in [0.1, 0.15) is 0 Å². The molecule has 0 saturated carbocycles. The van der Waals surface area contributed by atoms with Crippen molar-refractivity contribution in [3.63, 3.8) is 0 Å². The van der Waals surface area contributed by atoms with Gasteiger partial charge in [0.25, 0.3) is 0 Å². The van der Waals surface area contributed by atoms with Gasteiger partial charge in [-0.2, -0.15) is 0 Å². The van der Waals surface area contributed by atoms with Gasteiger partial charge in [-0.05, 0) is 17.5 Å². The standard InChI is InChI=1S/C12H14N4/c1-16-11(8-14-15-16)12-10-5-3-2-4-9(10)6-7-13-12/h2-5,8,12-13H,6-7H2,1H3. The van der Waals surface area contributed by atoms with Crippen LogP contribution >= 0.6 is 0 Å². The molecule has 4 nitrogen and oxygen atoms in total. The summed E-state index contributed by atoms with van der Waals surface area (Å²) in [5, 5.41) is 11.5. The van der Waals surface area contributed by atoms with Gasteiger partial charge in [-0.1, -0.05) is 29.5 Å². The van der Waals surface area contributed by atoms with E-state index in [-0.39, 0.29) is 6.04 Å². The number of nitrogens with one attached hydrogen (secondary N) is 1. The number of rotatable bonds is 1. The highest BCUT2D eigenvalue weighted by Gasteiger charge is 2.23. The van der Waals surface area contributed by atoms with Gasteiger partial charge in [-0.25, -0.2) is 0 Å². The first kappa shape index (κ1) is 9.54. The maximum Gasteiger partial charge on any atom is 0.0798 e. The molecule has 1 atom stereocenters. The average molecular weight is 214 g/mol. The van der Waals surface area contributed by atoms with Crippen LogP contribution in [0.5, 0.6) is 0 Å². The number of aryl methyl sites for hydroxylation is 1. The third kappa shape index (κ3) is 1.42. The second-order valence-corrected chi connectivity index (χ2v) is 4.12. The van der Waals surface area contributed by atoms with Crippen molar-refractivity contribution in [3.05, 3.63) is 47.3 Å². The summed E-state index contributed by atoms with van der Waals surface area (Å²) in [7, 11) is 1.93. The van der Waals surface area contributed by atoms with Crippen LogP contribution in [0.4, 0.5) is 0 Å². The fourth-order valence-corrected chi connectivity index (χ4v) is 2.33. The van der Waals surface area contributed by atoms with Crippen LogP contribution in [0.1, 0.15) is 22.9 Å². The molecule has 0 saturated heterocycles. The molecule has 16 heavy (non-hydrogen) atoms. The first-order chi connectivity index (χ1) is 7.86. The Balaban J connectivity index is 2.08. The van der Waals surface area contributed by atoms with Crippen LogP contribution in [0.2, 0.25) is 0 Å². The van der Waals surface area contributed by atoms with Gasteiger partial charge < -0.3 is 5.32 Å².